The second kappa shape index (κ2) is 5.48. The molecular weight excluding hydrogens is 262 g/mol. The van der Waals surface area contributed by atoms with Crippen molar-refractivity contribution < 1.29 is 13.6 Å². The molecule has 0 bridgehead atoms. The van der Waals surface area contributed by atoms with Crippen LogP contribution in [0.15, 0.2) is 21.5 Å². The van der Waals surface area contributed by atoms with Crippen LogP contribution in [0.2, 0.25) is 0 Å². The summed E-state index contributed by atoms with van der Waals surface area (Å²) in [5.41, 5.74) is 5.28. The van der Waals surface area contributed by atoms with Crippen LogP contribution in [0.1, 0.15) is 11.8 Å². The highest BCUT2D eigenvalue weighted by atomic mass is 32.2. The van der Waals surface area contributed by atoms with Crippen LogP contribution >= 0.6 is 11.3 Å². The van der Waals surface area contributed by atoms with E-state index in [1.54, 1.807) is 12.1 Å². The summed E-state index contributed by atoms with van der Waals surface area (Å²) in [6, 6.07) is 3.36. The van der Waals surface area contributed by atoms with E-state index < -0.39 is 10.0 Å². The van der Waals surface area contributed by atoms with E-state index >= 15 is 0 Å². The fourth-order valence-corrected chi connectivity index (χ4v) is 3.83. The van der Waals surface area contributed by atoms with Gasteiger partial charge in [0.1, 0.15) is 4.21 Å². The zero-order valence-corrected chi connectivity index (χ0v) is 11.3. The van der Waals surface area contributed by atoms with Crippen molar-refractivity contribution >= 4 is 27.2 Å². The third kappa shape index (κ3) is 3.18. The molecule has 96 valence electrons. The summed E-state index contributed by atoms with van der Waals surface area (Å²) in [5, 5.41) is 11.2. The number of aryl methyl sites for hydroxylation is 1. The normalized spacial score (nSPS) is 13.2. The molecule has 1 aromatic heterocycles. The predicted molar refractivity (Wildman–Crippen MR) is 66.9 cm³/mol. The van der Waals surface area contributed by atoms with Gasteiger partial charge < -0.3 is 10.9 Å². The van der Waals surface area contributed by atoms with Crippen molar-refractivity contribution in [2.45, 2.75) is 17.6 Å². The van der Waals surface area contributed by atoms with Crippen LogP contribution in [-0.4, -0.2) is 37.4 Å². The zero-order chi connectivity index (χ0) is 13.1. The topological polar surface area (TPSA) is 96.0 Å². The lowest BCUT2D eigenvalue weighted by Crippen LogP contribution is -2.35. The van der Waals surface area contributed by atoms with Crippen molar-refractivity contribution in [3.63, 3.8) is 0 Å². The molecule has 1 heterocycles. The Balaban J connectivity index is 2.94. The van der Waals surface area contributed by atoms with Crippen LogP contribution in [0.25, 0.3) is 0 Å². The van der Waals surface area contributed by atoms with E-state index in [9.17, 15) is 8.42 Å². The average Bonchev–Trinajstić information content (AvgIpc) is 2.77. The highest BCUT2D eigenvalue weighted by Crippen LogP contribution is 2.24. The Hall–Kier alpha value is -1.12. The molecule has 8 heteroatoms. The minimum atomic E-state index is -3.55. The fourth-order valence-electron chi connectivity index (χ4n) is 1.19. The third-order valence-corrected chi connectivity index (χ3v) is 5.66. The van der Waals surface area contributed by atoms with Gasteiger partial charge in [0.25, 0.3) is 10.0 Å². The summed E-state index contributed by atoms with van der Waals surface area (Å²) in [6.45, 7) is 1.82. The first kappa shape index (κ1) is 13.9. The number of rotatable bonds is 5. The van der Waals surface area contributed by atoms with E-state index in [2.05, 4.69) is 5.16 Å². The molecule has 0 unspecified atom stereocenters. The second-order valence-corrected chi connectivity index (χ2v) is 6.87. The second-order valence-electron chi connectivity index (χ2n) is 3.43. The zero-order valence-electron chi connectivity index (χ0n) is 9.62. The Morgan fingerprint density at radius 1 is 1.59 bits per heavy atom. The number of amidine groups is 1. The van der Waals surface area contributed by atoms with Gasteiger partial charge >= 0.3 is 0 Å². The molecule has 1 aromatic rings. The quantitative estimate of drug-likeness (QED) is 0.358. The summed E-state index contributed by atoms with van der Waals surface area (Å²) in [5.74, 6) is -0.150. The number of hydrogen-bond acceptors (Lipinski definition) is 5. The van der Waals surface area contributed by atoms with Gasteiger partial charge in [-0.25, -0.2) is 8.42 Å². The summed E-state index contributed by atoms with van der Waals surface area (Å²) in [6.07, 6.45) is 0.796. The largest absolute Gasteiger partial charge is 0.409 e. The van der Waals surface area contributed by atoms with Crippen LogP contribution < -0.4 is 5.73 Å². The highest BCUT2D eigenvalue weighted by Gasteiger charge is 2.23. The number of oxime groups is 1. The lowest BCUT2D eigenvalue weighted by atomic mass is 10.4. The monoisotopic (exact) mass is 277 g/mol. The Kier molecular flexibility index (Phi) is 4.49. The number of sulfonamides is 1. The van der Waals surface area contributed by atoms with Crippen LogP contribution in [0.4, 0.5) is 0 Å². The molecule has 0 aliphatic heterocycles. The molecule has 0 radical (unpaired) electrons. The van der Waals surface area contributed by atoms with Crippen molar-refractivity contribution in [1.29, 1.82) is 0 Å². The number of thiophene rings is 1. The smallest absolute Gasteiger partial charge is 0.252 e. The van der Waals surface area contributed by atoms with Gasteiger partial charge in [0, 0.05) is 11.9 Å². The molecule has 0 aromatic carbocycles. The van der Waals surface area contributed by atoms with Crippen molar-refractivity contribution in [3.8, 4) is 0 Å². The molecule has 0 saturated heterocycles. The maximum atomic E-state index is 12.1. The molecule has 0 saturated carbocycles. The molecule has 0 aliphatic carbocycles. The van der Waals surface area contributed by atoms with Gasteiger partial charge in [0.15, 0.2) is 5.84 Å². The third-order valence-electron chi connectivity index (χ3n) is 2.16. The first-order chi connectivity index (χ1) is 7.91. The van der Waals surface area contributed by atoms with Crippen molar-refractivity contribution in [2.24, 2.45) is 10.9 Å². The van der Waals surface area contributed by atoms with Gasteiger partial charge in [-0.05, 0) is 18.6 Å². The first-order valence-electron chi connectivity index (χ1n) is 4.93. The van der Waals surface area contributed by atoms with E-state index in [4.69, 9.17) is 10.9 Å². The van der Waals surface area contributed by atoms with Crippen LogP contribution in [0.5, 0.6) is 0 Å². The fraction of sp³-hybridized carbons (Fsp3) is 0.444. The summed E-state index contributed by atoms with van der Waals surface area (Å²) in [4.78, 5) is 1.00. The Morgan fingerprint density at radius 2 is 2.24 bits per heavy atom. The van der Waals surface area contributed by atoms with Gasteiger partial charge in [-0.15, -0.1) is 11.3 Å². The molecule has 0 spiro atoms. The summed E-state index contributed by atoms with van der Waals surface area (Å²) in [7, 11) is -2.17. The van der Waals surface area contributed by atoms with E-state index in [0.717, 1.165) is 15.6 Å². The van der Waals surface area contributed by atoms with E-state index in [1.807, 2.05) is 6.92 Å². The van der Waals surface area contributed by atoms with E-state index in [-0.39, 0.29) is 16.6 Å². The van der Waals surface area contributed by atoms with Crippen molar-refractivity contribution in [1.82, 2.24) is 4.31 Å². The van der Waals surface area contributed by atoms with Crippen molar-refractivity contribution in [2.75, 3.05) is 13.6 Å². The Bertz CT molecular complexity index is 507. The minimum Gasteiger partial charge on any atom is -0.409 e. The van der Waals surface area contributed by atoms with Gasteiger partial charge in [-0.2, -0.15) is 4.31 Å². The molecule has 3 N–H and O–H groups in total. The molecule has 0 amide bonds. The Labute approximate surface area is 104 Å². The van der Waals surface area contributed by atoms with Gasteiger partial charge in [-0.1, -0.05) is 12.1 Å². The number of nitrogens with two attached hydrogens (primary N) is 1. The highest BCUT2D eigenvalue weighted by molar-refractivity contribution is 7.91. The van der Waals surface area contributed by atoms with Gasteiger partial charge in [0.2, 0.25) is 0 Å². The standard InChI is InChI=1S/C9H15N3O3S2/c1-3-7-4-5-9(16-7)17(14,15)12(2)6-8(10)11-13/h4-5,13H,3,6H2,1-2H3,(H2,10,11). The summed E-state index contributed by atoms with van der Waals surface area (Å²) < 4.78 is 25.4. The van der Waals surface area contributed by atoms with Crippen LogP contribution in [0, 0.1) is 0 Å². The molecule has 6 nitrogen and oxygen atoms in total. The lowest BCUT2D eigenvalue weighted by molar-refractivity contribution is 0.315. The van der Waals surface area contributed by atoms with E-state index in [1.165, 1.54) is 18.4 Å². The van der Waals surface area contributed by atoms with Crippen LogP contribution in [0.3, 0.4) is 0 Å². The maximum absolute atomic E-state index is 12.1. The minimum absolute atomic E-state index is 0.141. The Morgan fingerprint density at radius 3 is 2.71 bits per heavy atom. The molecule has 0 aliphatic rings. The summed E-state index contributed by atoms with van der Waals surface area (Å²) >= 11 is 1.23. The molecule has 0 atom stereocenters. The van der Waals surface area contributed by atoms with Gasteiger partial charge in [0.05, 0.1) is 6.54 Å². The lowest BCUT2D eigenvalue weighted by Gasteiger charge is -2.14. The van der Waals surface area contributed by atoms with E-state index in [0.29, 0.717) is 0 Å². The SMILES string of the molecule is CCc1ccc(S(=O)(=O)N(C)CC(N)=NO)s1. The number of likely N-dealkylation sites (N-methyl/N-ethyl adjacent to an activating group) is 1. The molecule has 17 heavy (non-hydrogen) atoms. The molecule has 1 rings (SSSR count). The maximum Gasteiger partial charge on any atom is 0.252 e. The number of nitrogens with zero attached hydrogens (tertiary/aromatic N) is 2. The molecular formula is C9H15N3O3S2. The molecule has 0 fully saturated rings. The first-order valence-corrected chi connectivity index (χ1v) is 7.19. The van der Waals surface area contributed by atoms with Gasteiger partial charge in [-0.3, -0.25) is 0 Å². The van der Waals surface area contributed by atoms with Crippen molar-refractivity contribution in [3.05, 3.63) is 17.0 Å². The average molecular weight is 277 g/mol. The number of hydrogen-bond donors (Lipinski definition) is 2. The van der Waals surface area contributed by atoms with Crippen LogP contribution in [-0.2, 0) is 16.4 Å². The predicted octanol–water partition coefficient (Wildman–Crippen LogP) is 0.677.